The van der Waals surface area contributed by atoms with Gasteiger partial charge in [-0.1, -0.05) is 0 Å². The highest BCUT2D eigenvalue weighted by Crippen LogP contribution is 2.13. The molecule has 1 aliphatic rings. The molecule has 1 rings (SSSR count). The van der Waals surface area contributed by atoms with E-state index >= 15 is 0 Å². The van der Waals surface area contributed by atoms with E-state index in [0.29, 0.717) is 0 Å². The highest BCUT2D eigenvalue weighted by molar-refractivity contribution is 4.94. The summed E-state index contributed by atoms with van der Waals surface area (Å²) in [6, 6.07) is 0. The molecule has 0 radical (unpaired) electrons. The minimum atomic E-state index is 0.203. The molecule has 0 amide bonds. The summed E-state index contributed by atoms with van der Waals surface area (Å²) < 4.78 is 5.12. The third-order valence-electron chi connectivity index (χ3n) is 2.19. The maximum absolute atomic E-state index is 5.12. The van der Waals surface area contributed by atoms with Crippen LogP contribution in [-0.2, 0) is 4.74 Å². The van der Waals surface area contributed by atoms with Crippen LogP contribution in [-0.4, -0.2) is 39.4 Å². The smallest absolute Gasteiger partial charge is 0.0657 e. The number of methoxy groups -OCH3 is 1. The van der Waals surface area contributed by atoms with Gasteiger partial charge in [-0.2, -0.15) is 0 Å². The highest BCUT2D eigenvalue weighted by Gasteiger charge is 2.31. The van der Waals surface area contributed by atoms with Gasteiger partial charge in [0.1, 0.15) is 0 Å². The molecule has 0 saturated carbocycles. The average molecular weight is 144 g/mol. The maximum atomic E-state index is 5.12. The van der Waals surface area contributed by atoms with E-state index < -0.39 is 0 Å². The van der Waals surface area contributed by atoms with Crippen LogP contribution in [0.1, 0.15) is 6.42 Å². The molecule has 0 spiro atoms. The Morgan fingerprint density at radius 1 is 1.70 bits per heavy atom. The standard InChI is InChI=1S/C7H16N2O/c1-8-7(6-10-2)3-4-9-5-7/h8-9H,3-6H2,1-2H3/t7-/m0/s1. The lowest BCUT2D eigenvalue weighted by molar-refractivity contribution is 0.124. The topological polar surface area (TPSA) is 33.3 Å². The summed E-state index contributed by atoms with van der Waals surface area (Å²) in [6.45, 7) is 2.93. The van der Waals surface area contributed by atoms with Crippen LogP contribution in [0.2, 0.25) is 0 Å². The molecule has 0 bridgehead atoms. The van der Waals surface area contributed by atoms with E-state index in [1.54, 1.807) is 7.11 Å². The Morgan fingerprint density at radius 2 is 2.50 bits per heavy atom. The molecule has 0 aromatic rings. The molecule has 0 aromatic carbocycles. The first kappa shape index (κ1) is 7.98. The van der Waals surface area contributed by atoms with Crippen molar-refractivity contribution >= 4 is 0 Å². The van der Waals surface area contributed by atoms with E-state index in [0.717, 1.165) is 26.1 Å². The number of ether oxygens (including phenoxy) is 1. The second kappa shape index (κ2) is 3.32. The fourth-order valence-corrected chi connectivity index (χ4v) is 1.43. The lowest BCUT2D eigenvalue weighted by Crippen LogP contribution is -2.48. The van der Waals surface area contributed by atoms with Crippen molar-refractivity contribution in [3.05, 3.63) is 0 Å². The Labute approximate surface area is 62.1 Å². The predicted octanol–water partition coefficient (Wildman–Crippen LogP) is -0.416. The largest absolute Gasteiger partial charge is 0.383 e. The number of hydrogen-bond acceptors (Lipinski definition) is 3. The first-order valence-electron chi connectivity index (χ1n) is 3.71. The van der Waals surface area contributed by atoms with Gasteiger partial charge in [0.25, 0.3) is 0 Å². The molecule has 1 heterocycles. The molecule has 3 heteroatoms. The normalized spacial score (nSPS) is 33.0. The molecule has 10 heavy (non-hydrogen) atoms. The van der Waals surface area contributed by atoms with Crippen LogP contribution in [0.15, 0.2) is 0 Å². The summed E-state index contributed by atoms with van der Waals surface area (Å²) in [4.78, 5) is 0. The minimum absolute atomic E-state index is 0.203. The lowest BCUT2D eigenvalue weighted by Gasteiger charge is -2.26. The van der Waals surface area contributed by atoms with E-state index in [9.17, 15) is 0 Å². The van der Waals surface area contributed by atoms with Crippen LogP contribution < -0.4 is 10.6 Å². The molecular formula is C7H16N2O. The van der Waals surface area contributed by atoms with Gasteiger partial charge in [-0.05, 0) is 20.0 Å². The van der Waals surface area contributed by atoms with Crippen LogP contribution in [0.3, 0.4) is 0 Å². The zero-order valence-corrected chi connectivity index (χ0v) is 6.74. The van der Waals surface area contributed by atoms with Crippen molar-refractivity contribution in [1.82, 2.24) is 10.6 Å². The number of likely N-dealkylation sites (N-methyl/N-ethyl adjacent to an activating group) is 1. The third-order valence-corrected chi connectivity index (χ3v) is 2.19. The number of nitrogens with one attached hydrogen (secondary N) is 2. The van der Waals surface area contributed by atoms with Crippen molar-refractivity contribution in [1.29, 1.82) is 0 Å². The summed E-state index contributed by atoms with van der Waals surface area (Å²) in [7, 11) is 3.74. The monoisotopic (exact) mass is 144 g/mol. The quantitative estimate of drug-likeness (QED) is 0.564. The third kappa shape index (κ3) is 1.48. The lowest BCUT2D eigenvalue weighted by atomic mass is 10.0. The first-order chi connectivity index (χ1) is 4.83. The van der Waals surface area contributed by atoms with Gasteiger partial charge in [-0.3, -0.25) is 0 Å². The molecule has 1 aliphatic heterocycles. The Balaban J connectivity index is 2.41. The van der Waals surface area contributed by atoms with E-state index in [1.807, 2.05) is 7.05 Å². The van der Waals surface area contributed by atoms with E-state index in [1.165, 1.54) is 0 Å². The summed E-state index contributed by atoms with van der Waals surface area (Å²) in [5.41, 5.74) is 0.203. The number of hydrogen-bond donors (Lipinski definition) is 2. The first-order valence-corrected chi connectivity index (χ1v) is 3.71. The minimum Gasteiger partial charge on any atom is -0.383 e. The molecular weight excluding hydrogens is 128 g/mol. The number of rotatable bonds is 3. The SMILES string of the molecule is CN[C@@]1(COC)CCNC1. The van der Waals surface area contributed by atoms with Gasteiger partial charge < -0.3 is 15.4 Å². The molecule has 1 saturated heterocycles. The van der Waals surface area contributed by atoms with Crippen molar-refractivity contribution in [2.24, 2.45) is 0 Å². The van der Waals surface area contributed by atoms with Crippen LogP contribution >= 0.6 is 0 Å². The molecule has 3 nitrogen and oxygen atoms in total. The zero-order chi connectivity index (χ0) is 7.45. The van der Waals surface area contributed by atoms with Gasteiger partial charge in [-0.15, -0.1) is 0 Å². The fourth-order valence-electron chi connectivity index (χ4n) is 1.43. The van der Waals surface area contributed by atoms with Crippen LogP contribution in [0.5, 0.6) is 0 Å². The molecule has 0 aliphatic carbocycles. The fraction of sp³-hybridized carbons (Fsp3) is 1.00. The van der Waals surface area contributed by atoms with Gasteiger partial charge in [0.05, 0.1) is 12.1 Å². The molecule has 0 aromatic heterocycles. The summed E-state index contributed by atoms with van der Waals surface area (Å²) >= 11 is 0. The van der Waals surface area contributed by atoms with Crippen molar-refractivity contribution in [2.45, 2.75) is 12.0 Å². The molecule has 60 valence electrons. The summed E-state index contributed by atoms with van der Waals surface area (Å²) in [6.07, 6.45) is 1.16. The van der Waals surface area contributed by atoms with Crippen LogP contribution in [0, 0.1) is 0 Å². The van der Waals surface area contributed by atoms with Gasteiger partial charge in [0, 0.05) is 13.7 Å². The Bertz CT molecular complexity index is 99.8. The van der Waals surface area contributed by atoms with Gasteiger partial charge in [-0.25, -0.2) is 0 Å². The van der Waals surface area contributed by atoms with E-state index in [4.69, 9.17) is 4.74 Å². The molecule has 0 unspecified atom stereocenters. The van der Waals surface area contributed by atoms with Crippen molar-refractivity contribution in [3.63, 3.8) is 0 Å². The highest BCUT2D eigenvalue weighted by atomic mass is 16.5. The zero-order valence-electron chi connectivity index (χ0n) is 6.74. The summed E-state index contributed by atoms with van der Waals surface area (Å²) in [5, 5.41) is 6.60. The maximum Gasteiger partial charge on any atom is 0.0657 e. The van der Waals surface area contributed by atoms with Gasteiger partial charge in [0.2, 0.25) is 0 Å². The second-order valence-corrected chi connectivity index (χ2v) is 2.89. The van der Waals surface area contributed by atoms with Crippen LogP contribution in [0.4, 0.5) is 0 Å². The molecule has 1 atom stereocenters. The predicted molar refractivity (Wildman–Crippen MR) is 41.2 cm³/mol. The Morgan fingerprint density at radius 3 is 2.90 bits per heavy atom. The van der Waals surface area contributed by atoms with Crippen LogP contribution in [0.25, 0.3) is 0 Å². The average Bonchev–Trinajstić information content (AvgIpc) is 2.39. The van der Waals surface area contributed by atoms with E-state index in [2.05, 4.69) is 10.6 Å². The van der Waals surface area contributed by atoms with E-state index in [-0.39, 0.29) is 5.54 Å². The van der Waals surface area contributed by atoms with Crippen molar-refractivity contribution in [3.8, 4) is 0 Å². The van der Waals surface area contributed by atoms with Crippen molar-refractivity contribution < 1.29 is 4.74 Å². The second-order valence-electron chi connectivity index (χ2n) is 2.89. The van der Waals surface area contributed by atoms with Gasteiger partial charge in [0.15, 0.2) is 0 Å². The van der Waals surface area contributed by atoms with Crippen molar-refractivity contribution in [2.75, 3.05) is 33.9 Å². The Hall–Kier alpha value is -0.120. The summed E-state index contributed by atoms with van der Waals surface area (Å²) in [5.74, 6) is 0. The molecule has 2 N–H and O–H groups in total. The molecule has 1 fully saturated rings. The Kier molecular flexibility index (Phi) is 2.65. The van der Waals surface area contributed by atoms with Gasteiger partial charge >= 0.3 is 0 Å².